The summed E-state index contributed by atoms with van der Waals surface area (Å²) in [4.78, 5) is 8.51. The molecular formula is C16H14N2O. The highest BCUT2D eigenvalue weighted by Crippen LogP contribution is 2.26. The predicted molar refractivity (Wildman–Crippen MR) is 76.3 cm³/mol. The second-order valence-corrected chi connectivity index (χ2v) is 4.42. The second-order valence-electron chi connectivity index (χ2n) is 4.42. The smallest absolute Gasteiger partial charge is 0.118 e. The molecule has 0 saturated carbocycles. The van der Waals surface area contributed by atoms with Crippen molar-refractivity contribution in [2.45, 2.75) is 6.92 Å². The van der Waals surface area contributed by atoms with Gasteiger partial charge in [0, 0.05) is 11.1 Å². The molecule has 2 aromatic carbocycles. The Kier molecular flexibility index (Phi) is 2.88. The summed E-state index contributed by atoms with van der Waals surface area (Å²) >= 11 is 0. The zero-order valence-electron chi connectivity index (χ0n) is 10.9. The Balaban J connectivity index is 2.11. The van der Waals surface area contributed by atoms with Gasteiger partial charge >= 0.3 is 0 Å². The van der Waals surface area contributed by atoms with Crippen molar-refractivity contribution in [1.29, 1.82) is 0 Å². The van der Waals surface area contributed by atoms with Gasteiger partial charge in [0.25, 0.3) is 0 Å². The standard InChI is InChI=1S/C16H14N2O/c1-11-15-9-13(5-8-16(15)18-10-17-11)12-3-6-14(19-2)7-4-12/h3-10H,1-2H3. The van der Waals surface area contributed by atoms with Gasteiger partial charge < -0.3 is 4.74 Å². The third kappa shape index (κ3) is 2.15. The van der Waals surface area contributed by atoms with E-state index < -0.39 is 0 Å². The number of ether oxygens (including phenoxy) is 1. The van der Waals surface area contributed by atoms with Gasteiger partial charge in [0.2, 0.25) is 0 Å². The van der Waals surface area contributed by atoms with E-state index in [0.29, 0.717) is 0 Å². The fraction of sp³-hybridized carbons (Fsp3) is 0.125. The van der Waals surface area contributed by atoms with Crippen molar-refractivity contribution in [1.82, 2.24) is 9.97 Å². The summed E-state index contributed by atoms with van der Waals surface area (Å²) in [6.45, 7) is 2.00. The third-order valence-electron chi connectivity index (χ3n) is 3.26. The van der Waals surface area contributed by atoms with Crippen molar-refractivity contribution < 1.29 is 4.74 Å². The van der Waals surface area contributed by atoms with Crippen LogP contribution in [0.25, 0.3) is 22.0 Å². The number of hydrogen-bond donors (Lipinski definition) is 0. The number of fused-ring (bicyclic) bond motifs is 1. The van der Waals surface area contributed by atoms with Crippen molar-refractivity contribution in [2.75, 3.05) is 7.11 Å². The van der Waals surface area contributed by atoms with E-state index in [0.717, 1.165) is 33.5 Å². The molecule has 0 fully saturated rings. The van der Waals surface area contributed by atoms with Crippen molar-refractivity contribution >= 4 is 10.9 Å². The highest BCUT2D eigenvalue weighted by Gasteiger charge is 2.03. The van der Waals surface area contributed by atoms with E-state index in [4.69, 9.17) is 4.74 Å². The van der Waals surface area contributed by atoms with Crippen molar-refractivity contribution in [3.63, 3.8) is 0 Å². The normalized spacial score (nSPS) is 10.6. The first-order chi connectivity index (χ1) is 9.28. The summed E-state index contributed by atoms with van der Waals surface area (Å²) in [5, 5.41) is 1.09. The van der Waals surface area contributed by atoms with Crippen LogP contribution in [0.3, 0.4) is 0 Å². The third-order valence-corrected chi connectivity index (χ3v) is 3.26. The number of rotatable bonds is 2. The molecular weight excluding hydrogens is 236 g/mol. The lowest BCUT2D eigenvalue weighted by atomic mass is 10.0. The zero-order chi connectivity index (χ0) is 13.2. The summed E-state index contributed by atoms with van der Waals surface area (Å²) in [5.41, 5.74) is 4.30. The van der Waals surface area contributed by atoms with E-state index in [-0.39, 0.29) is 0 Å². The van der Waals surface area contributed by atoms with Gasteiger partial charge in [-0.05, 0) is 42.3 Å². The molecule has 3 nitrogen and oxygen atoms in total. The van der Waals surface area contributed by atoms with E-state index in [1.165, 1.54) is 0 Å². The molecule has 94 valence electrons. The van der Waals surface area contributed by atoms with Crippen LogP contribution in [0.4, 0.5) is 0 Å². The van der Waals surface area contributed by atoms with Crippen molar-refractivity contribution in [2.24, 2.45) is 0 Å². The average molecular weight is 250 g/mol. The van der Waals surface area contributed by atoms with Gasteiger partial charge in [-0.2, -0.15) is 0 Å². The summed E-state index contributed by atoms with van der Waals surface area (Å²) in [7, 11) is 1.67. The maximum atomic E-state index is 5.17. The van der Waals surface area contributed by atoms with Crippen molar-refractivity contribution in [3.05, 3.63) is 54.5 Å². The average Bonchev–Trinajstić information content (AvgIpc) is 2.47. The molecule has 0 bridgehead atoms. The molecule has 19 heavy (non-hydrogen) atoms. The van der Waals surface area contributed by atoms with Gasteiger partial charge in [-0.25, -0.2) is 9.97 Å². The highest BCUT2D eigenvalue weighted by molar-refractivity contribution is 5.86. The van der Waals surface area contributed by atoms with Gasteiger partial charge in [-0.15, -0.1) is 0 Å². The maximum absolute atomic E-state index is 5.17. The molecule has 1 aromatic heterocycles. The second kappa shape index (κ2) is 4.69. The molecule has 0 N–H and O–H groups in total. The minimum atomic E-state index is 0.865. The van der Waals surface area contributed by atoms with Crippen LogP contribution in [-0.4, -0.2) is 17.1 Å². The molecule has 0 aliphatic heterocycles. The van der Waals surface area contributed by atoms with Crippen molar-refractivity contribution in [3.8, 4) is 16.9 Å². The zero-order valence-corrected chi connectivity index (χ0v) is 10.9. The first-order valence-corrected chi connectivity index (χ1v) is 6.14. The van der Waals surface area contributed by atoms with Crippen LogP contribution in [0.5, 0.6) is 5.75 Å². The quantitative estimate of drug-likeness (QED) is 0.696. The highest BCUT2D eigenvalue weighted by atomic mass is 16.5. The van der Waals surface area contributed by atoms with E-state index >= 15 is 0 Å². The first kappa shape index (κ1) is 11.7. The van der Waals surface area contributed by atoms with Crippen LogP contribution in [0.2, 0.25) is 0 Å². The van der Waals surface area contributed by atoms with Gasteiger partial charge in [0.1, 0.15) is 12.1 Å². The lowest BCUT2D eigenvalue weighted by molar-refractivity contribution is 0.415. The molecule has 0 spiro atoms. The maximum Gasteiger partial charge on any atom is 0.118 e. The molecule has 0 aliphatic rings. The Morgan fingerprint density at radius 3 is 2.37 bits per heavy atom. The summed E-state index contributed by atoms with van der Waals surface area (Å²) in [6.07, 6.45) is 1.60. The molecule has 3 heteroatoms. The van der Waals surface area contributed by atoms with Crippen LogP contribution in [-0.2, 0) is 0 Å². The van der Waals surface area contributed by atoms with Gasteiger partial charge in [0.15, 0.2) is 0 Å². The molecule has 0 saturated heterocycles. The van der Waals surface area contributed by atoms with Crippen LogP contribution in [0.15, 0.2) is 48.8 Å². The van der Waals surface area contributed by atoms with Gasteiger partial charge in [-0.1, -0.05) is 18.2 Å². The van der Waals surface area contributed by atoms with Crippen LogP contribution in [0.1, 0.15) is 5.69 Å². The van der Waals surface area contributed by atoms with Gasteiger partial charge in [-0.3, -0.25) is 0 Å². The minimum absolute atomic E-state index is 0.865. The van der Waals surface area contributed by atoms with Crippen LogP contribution < -0.4 is 4.74 Å². The molecule has 0 unspecified atom stereocenters. The Hall–Kier alpha value is -2.42. The number of benzene rings is 2. The minimum Gasteiger partial charge on any atom is -0.497 e. The fourth-order valence-electron chi connectivity index (χ4n) is 2.15. The Labute approximate surface area is 111 Å². The van der Waals surface area contributed by atoms with E-state index in [1.54, 1.807) is 13.4 Å². The number of methoxy groups -OCH3 is 1. The topological polar surface area (TPSA) is 35.0 Å². The van der Waals surface area contributed by atoms with Gasteiger partial charge in [0.05, 0.1) is 12.6 Å². The predicted octanol–water partition coefficient (Wildman–Crippen LogP) is 3.61. The molecule has 3 aromatic rings. The largest absolute Gasteiger partial charge is 0.497 e. The molecule has 0 radical (unpaired) electrons. The molecule has 0 aliphatic carbocycles. The first-order valence-electron chi connectivity index (χ1n) is 6.14. The monoisotopic (exact) mass is 250 g/mol. The number of hydrogen-bond acceptors (Lipinski definition) is 3. The number of nitrogens with zero attached hydrogens (tertiary/aromatic N) is 2. The lowest BCUT2D eigenvalue weighted by Gasteiger charge is -2.06. The molecule has 0 amide bonds. The SMILES string of the molecule is COc1ccc(-c2ccc3ncnc(C)c3c2)cc1. The number of aromatic nitrogens is 2. The van der Waals surface area contributed by atoms with E-state index in [9.17, 15) is 0 Å². The molecule has 0 atom stereocenters. The van der Waals surface area contributed by atoms with E-state index in [2.05, 4.69) is 34.2 Å². The Morgan fingerprint density at radius 1 is 0.895 bits per heavy atom. The lowest BCUT2D eigenvalue weighted by Crippen LogP contribution is -1.88. The molecule has 1 heterocycles. The Morgan fingerprint density at radius 2 is 1.63 bits per heavy atom. The summed E-state index contributed by atoms with van der Waals surface area (Å²) in [5.74, 6) is 0.865. The summed E-state index contributed by atoms with van der Waals surface area (Å²) < 4.78 is 5.17. The summed E-state index contributed by atoms with van der Waals surface area (Å²) in [6, 6.07) is 14.3. The van der Waals surface area contributed by atoms with Crippen LogP contribution >= 0.6 is 0 Å². The molecule has 3 rings (SSSR count). The Bertz CT molecular complexity index is 720. The van der Waals surface area contributed by atoms with Crippen LogP contribution in [0, 0.1) is 6.92 Å². The van der Waals surface area contributed by atoms with E-state index in [1.807, 2.05) is 25.1 Å². The fourth-order valence-corrected chi connectivity index (χ4v) is 2.15. The number of aryl methyl sites for hydroxylation is 1.